The molecule has 7 nitrogen and oxygen atoms in total. The number of amides is 1. The number of hydrogen-bond donors (Lipinski definition) is 1. The van der Waals surface area contributed by atoms with Gasteiger partial charge in [-0.1, -0.05) is 38.1 Å². The zero-order valence-corrected chi connectivity index (χ0v) is 18.7. The first-order valence-electron chi connectivity index (χ1n) is 9.90. The molecule has 0 atom stereocenters. The second kappa shape index (κ2) is 11.1. The molecule has 0 saturated heterocycles. The van der Waals surface area contributed by atoms with Crippen LogP contribution in [-0.2, 0) is 30.5 Å². The zero-order valence-electron chi connectivity index (χ0n) is 17.9. The number of sulfonamides is 1. The van der Waals surface area contributed by atoms with Gasteiger partial charge in [0.1, 0.15) is 0 Å². The monoisotopic (exact) mass is 484 g/mol. The second-order valence-corrected chi connectivity index (χ2v) is 8.63. The van der Waals surface area contributed by atoms with Gasteiger partial charge in [0.15, 0.2) is 6.61 Å². The second-order valence-electron chi connectivity index (χ2n) is 6.69. The van der Waals surface area contributed by atoms with E-state index in [0.29, 0.717) is 18.7 Å². The molecule has 0 unspecified atom stereocenters. The summed E-state index contributed by atoms with van der Waals surface area (Å²) in [5.74, 6) is -1.83. The van der Waals surface area contributed by atoms with Crippen molar-refractivity contribution in [3.05, 3.63) is 65.7 Å². The minimum absolute atomic E-state index is 0.113. The number of alkyl halides is 3. The third kappa shape index (κ3) is 7.16. The predicted octanol–water partition coefficient (Wildman–Crippen LogP) is 3.93. The topological polar surface area (TPSA) is 92.8 Å². The van der Waals surface area contributed by atoms with Crippen LogP contribution in [0.5, 0.6) is 0 Å². The third-order valence-electron chi connectivity index (χ3n) is 4.49. The number of nitrogens with zero attached hydrogens (tertiary/aromatic N) is 1. The Labute approximate surface area is 189 Å². The summed E-state index contributed by atoms with van der Waals surface area (Å²) >= 11 is 0. The Morgan fingerprint density at radius 3 is 2.21 bits per heavy atom. The van der Waals surface area contributed by atoms with Gasteiger partial charge in [0.2, 0.25) is 10.0 Å². The number of nitrogens with one attached hydrogen (secondary N) is 1. The van der Waals surface area contributed by atoms with Crippen LogP contribution in [0.2, 0.25) is 0 Å². The van der Waals surface area contributed by atoms with Gasteiger partial charge >= 0.3 is 12.1 Å². The summed E-state index contributed by atoms with van der Waals surface area (Å²) in [6.45, 7) is 3.36. The quantitative estimate of drug-likeness (QED) is 0.430. The molecule has 33 heavy (non-hydrogen) atoms. The van der Waals surface area contributed by atoms with E-state index in [-0.39, 0.29) is 4.90 Å². The minimum atomic E-state index is -4.65. The van der Waals surface area contributed by atoms with Crippen LogP contribution >= 0.6 is 0 Å². The lowest BCUT2D eigenvalue weighted by molar-refractivity contribution is -0.142. The normalized spacial score (nSPS) is 12.2. The Balaban J connectivity index is 1.94. The molecule has 0 fully saturated rings. The number of carbonyl (C=O) groups excluding carboxylic acids is 2. The fourth-order valence-corrected chi connectivity index (χ4v) is 4.30. The smallest absolute Gasteiger partial charge is 0.418 e. The lowest BCUT2D eigenvalue weighted by Gasteiger charge is -2.18. The van der Waals surface area contributed by atoms with Gasteiger partial charge in [-0.25, -0.2) is 13.2 Å². The highest BCUT2D eigenvalue weighted by Gasteiger charge is 2.33. The van der Waals surface area contributed by atoms with Crippen molar-refractivity contribution in [1.29, 1.82) is 0 Å². The summed E-state index contributed by atoms with van der Waals surface area (Å²) in [4.78, 5) is 23.8. The molecule has 0 spiro atoms. The Morgan fingerprint density at radius 1 is 1.03 bits per heavy atom. The molecule has 0 aliphatic carbocycles. The summed E-state index contributed by atoms with van der Waals surface area (Å²) in [5.41, 5.74) is -0.952. The van der Waals surface area contributed by atoms with Crippen molar-refractivity contribution < 1.29 is 35.9 Å². The van der Waals surface area contributed by atoms with E-state index in [2.05, 4.69) is 5.32 Å². The summed E-state index contributed by atoms with van der Waals surface area (Å²) in [6, 6.07) is 10.2. The first-order valence-corrected chi connectivity index (χ1v) is 11.3. The Morgan fingerprint density at radius 2 is 1.64 bits per heavy atom. The van der Waals surface area contributed by atoms with Gasteiger partial charge in [-0.05, 0) is 35.9 Å². The summed E-state index contributed by atoms with van der Waals surface area (Å²) in [7, 11) is -3.60. The van der Waals surface area contributed by atoms with E-state index >= 15 is 0 Å². The molecule has 0 aliphatic rings. The predicted molar refractivity (Wildman–Crippen MR) is 117 cm³/mol. The van der Waals surface area contributed by atoms with Gasteiger partial charge < -0.3 is 10.1 Å². The number of anilines is 1. The average Bonchev–Trinajstić information content (AvgIpc) is 2.77. The number of rotatable bonds is 9. The van der Waals surface area contributed by atoms with Crippen molar-refractivity contribution in [2.75, 3.05) is 25.0 Å². The highest BCUT2D eigenvalue weighted by molar-refractivity contribution is 7.89. The summed E-state index contributed by atoms with van der Waals surface area (Å²) < 4.78 is 69.9. The van der Waals surface area contributed by atoms with E-state index in [1.54, 1.807) is 13.8 Å². The van der Waals surface area contributed by atoms with E-state index in [0.717, 1.165) is 18.2 Å². The molecular formula is C22H23F3N2O5S. The maximum Gasteiger partial charge on any atom is 0.418 e. The number of carbonyl (C=O) groups is 2. The molecule has 0 heterocycles. The highest BCUT2D eigenvalue weighted by Crippen LogP contribution is 2.34. The number of benzene rings is 2. The van der Waals surface area contributed by atoms with E-state index in [1.165, 1.54) is 46.8 Å². The molecular weight excluding hydrogens is 461 g/mol. The molecule has 0 saturated carbocycles. The summed E-state index contributed by atoms with van der Waals surface area (Å²) in [5, 5.41) is 2.06. The van der Waals surface area contributed by atoms with Crippen LogP contribution in [0.1, 0.15) is 25.0 Å². The molecule has 1 N–H and O–H groups in total. The standard InChI is InChI=1S/C22H23F3N2O5S/c1-3-27(4-2)33(30,31)17-12-9-16(10-13-17)11-14-21(29)32-15-20(28)26-19-8-6-5-7-18(19)22(23,24)25/h5-14H,3-4,15H2,1-2H3,(H,26,28)/b14-11+. The SMILES string of the molecule is CCN(CC)S(=O)(=O)c1ccc(/C=C/C(=O)OCC(=O)Nc2ccccc2C(F)(F)F)cc1. The maximum absolute atomic E-state index is 13.0. The largest absolute Gasteiger partial charge is 0.452 e. The number of ether oxygens (including phenoxy) is 1. The molecule has 2 aromatic carbocycles. The van der Waals surface area contributed by atoms with Crippen molar-refractivity contribution >= 4 is 33.7 Å². The summed E-state index contributed by atoms with van der Waals surface area (Å²) in [6.07, 6.45) is -2.28. The fraction of sp³-hybridized carbons (Fsp3) is 0.273. The van der Waals surface area contributed by atoms with Crippen LogP contribution in [0.15, 0.2) is 59.5 Å². The van der Waals surface area contributed by atoms with Gasteiger partial charge in [0, 0.05) is 19.2 Å². The number of esters is 1. The van der Waals surface area contributed by atoms with Crippen LogP contribution < -0.4 is 5.32 Å². The van der Waals surface area contributed by atoms with Crippen molar-refractivity contribution in [3.63, 3.8) is 0 Å². The Bertz CT molecular complexity index is 1110. The van der Waals surface area contributed by atoms with Gasteiger partial charge in [-0.3, -0.25) is 4.79 Å². The Hall–Kier alpha value is -3.18. The van der Waals surface area contributed by atoms with Gasteiger partial charge in [0.25, 0.3) is 5.91 Å². The number of para-hydroxylation sites is 1. The molecule has 0 bridgehead atoms. The molecule has 0 radical (unpaired) electrons. The van der Waals surface area contributed by atoms with Crippen LogP contribution in [0, 0.1) is 0 Å². The van der Waals surface area contributed by atoms with Crippen LogP contribution in [0.3, 0.4) is 0 Å². The van der Waals surface area contributed by atoms with Gasteiger partial charge in [-0.15, -0.1) is 0 Å². The Kier molecular flexibility index (Phi) is 8.77. The van der Waals surface area contributed by atoms with Crippen molar-refractivity contribution in [1.82, 2.24) is 4.31 Å². The van der Waals surface area contributed by atoms with Crippen LogP contribution in [0.25, 0.3) is 6.08 Å². The van der Waals surface area contributed by atoms with E-state index in [9.17, 15) is 31.2 Å². The average molecular weight is 484 g/mol. The molecule has 2 aromatic rings. The number of halogens is 3. The van der Waals surface area contributed by atoms with E-state index in [1.807, 2.05) is 0 Å². The van der Waals surface area contributed by atoms with Crippen molar-refractivity contribution in [3.8, 4) is 0 Å². The highest BCUT2D eigenvalue weighted by atomic mass is 32.2. The maximum atomic E-state index is 13.0. The van der Waals surface area contributed by atoms with E-state index < -0.39 is 45.9 Å². The zero-order chi connectivity index (χ0) is 24.6. The first kappa shape index (κ1) is 26.1. The molecule has 2 rings (SSSR count). The molecule has 0 aromatic heterocycles. The lowest BCUT2D eigenvalue weighted by atomic mass is 10.1. The lowest BCUT2D eigenvalue weighted by Crippen LogP contribution is -2.30. The van der Waals surface area contributed by atoms with E-state index in [4.69, 9.17) is 4.74 Å². The number of hydrogen-bond acceptors (Lipinski definition) is 5. The third-order valence-corrected chi connectivity index (χ3v) is 6.55. The van der Waals surface area contributed by atoms with Crippen molar-refractivity contribution in [2.24, 2.45) is 0 Å². The molecule has 0 aliphatic heterocycles. The molecule has 178 valence electrons. The molecule has 1 amide bonds. The minimum Gasteiger partial charge on any atom is -0.452 e. The van der Waals surface area contributed by atoms with Crippen molar-refractivity contribution in [2.45, 2.75) is 24.9 Å². The van der Waals surface area contributed by atoms with Gasteiger partial charge in [-0.2, -0.15) is 17.5 Å². The van der Waals surface area contributed by atoms with Crippen LogP contribution in [-0.4, -0.2) is 44.3 Å². The van der Waals surface area contributed by atoms with Gasteiger partial charge in [0.05, 0.1) is 16.1 Å². The molecule has 11 heteroatoms. The fourth-order valence-electron chi connectivity index (χ4n) is 2.84. The van der Waals surface area contributed by atoms with Crippen LogP contribution in [0.4, 0.5) is 18.9 Å². The first-order chi connectivity index (χ1) is 15.5.